The van der Waals surface area contributed by atoms with Gasteiger partial charge in [-0.15, -0.1) is 0 Å². The second kappa shape index (κ2) is 8.26. The molecule has 0 radical (unpaired) electrons. The normalized spacial score (nSPS) is 18.3. The lowest BCUT2D eigenvalue weighted by molar-refractivity contribution is -0.122. The molecular weight excluding hydrogens is 338 g/mol. The van der Waals surface area contributed by atoms with Gasteiger partial charge in [0, 0.05) is 17.7 Å². The Kier molecular flexibility index (Phi) is 5.58. The predicted octanol–water partition coefficient (Wildman–Crippen LogP) is 3.88. The quantitative estimate of drug-likeness (QED) is 0.843. The van der Waals surface area contributed by atoms with Crippen LogP contribution in [0.4, 0.5) is 0 Å². The van der Waals surface area contributed by atoms with Crippen molar-refractivity contribution >= 4 is 5.91 Å². The second-order valence-corrected chi connectivity index (χ2v) is 7.65. The molecule has 2 aromatic rings. The zero-order valence-corrected chi connectivity index (χ0v) is 16.1. The SMILES string of the molecule is CC[C@H](C(=O)NCc1nn(C2CCCC2)c2c1COCC2)c1ccccc1. The van der Waals surface area contributed by atoms with Gasteiger partial charge in [-0.05, 0) is 24.8 Å². The fourth-order valence-corrected chi connectivity index (χ4v) is 4.48. The first kappa shape index (κ1) is 18.2. The number of carbonyl (C=O) groups is 1. The average molecular weight is 367 g/mol. The van der Waals surface area contributed by atoms with Crippen molar-refractivity contribution < 1.29 is 9.53 Å². The van der Waals surface area contributed by atoms with Crippen LogP contribution in [0.2, 0.25) is 0 Å². The van der Waals surface area contributed by atoms with E-state index in [0.717, 1.165) is 30.7 Å². The van der Waals surface area contributed by atoms with Crippen LogP contribution < -0.4 is 5.32 Å². The van der Waals surface area contributed by atoms with E-state index < -0.39 is 0 Å². The number of amides is 1. The molecule has 1 N–H and O–H groups in total. The van der Waals surface area contributed by atoms with Crippen LogP contribution in [0.5, 0.6) is 0 Å². The maximum Gasteiger partial charge on any atom is 0.227 e. The average Bonchev–Trinajstić information content (AvgIpc) is 3.36. The molecule has 4 rings (SSSR count). The minimum Gasteiger partial charge on any atom is -0.376 e. The molecule has 0 spiro atoms. The molecule has 2 heterocycles. The lowest BCUT2D eigenvalue weighted by Crippen LogP contribution is -2.29. The van der Waals surface area contributed by atoms with Crippen molar-refractivity contribution in [2.24, 2.45) is 0 Å². The van der Waals surface area contributed by atoms with Crippen molar-refractivity contribution in [2.75, 3.05) is 6.61 Å². The van der Waals surface area contributed by atoms with Crippen molar-refractivity contribution in [3.05, 3.63) is 52.8 Å². The van der Waals surface area contributed by atoms with E-state index in [-0.39, 0.29) is 11.8 Å². The molecule has 1 fully saturated rings. The summed E-state index contributed by atoms with van der Waals surface area (Å²) in [7, 11) is 0. The van der Waals surface area contributed by atoms with Gasteiger partial charge in [-0.2, -0.15) is 5.10 Å². The Morgan fingerprint density at radius 3 is 2.81 bits per heavy atom. The Labute approximate surface area is 161 Å². The summed E-state index contributed by atoms with van der Waals surface area (Å²) in [5.74, 6) is -0.0419. The standard InChI is InChI=1S/C22H29N3O2/c1-2-18(16-8-4-3-5-9-16)22(26)23-14-20-19-15-27-13-12-21(19)25(24-20)17-10-6-7-11-17/h3-5,8-9,17-18H,2,6-7,10-15H2,1H3,(H,23,26)/t18-/m0/s1. The van der Waals surface area contributed by atoms with Gasteiger partial charge in [0.25, 0.3) is 0 Å². The Morgan fingerprint density at radius 1 is 1.30 bits per heavy atom. The van der Waals surface area contributed by atoms with Crippen molar-refractivity contribution in [3.8, 4) is 0 Å². The van der Waals surface area contributed by atoms with E-state index in [9.17, 15) is 4.79 Å². The van der Waals surface area contributed by atoms with E-state index in [1.54, 1.807) is 0 Å². The first-order valence-electron chi connectivity index (χ1n) is 10.3. The highest BCUT2D eigenvalue weighted by molar-refractivity contribution is 5.83. The van der Waals surface area contributed by atoms with Crippen LogP contribution in [0.1, 0.15) is 73.5 Å². The molecule has 5 heteroatoms. The van der Waals surface area contributed by atoms with Crippen LogP contribution in [-0.4, -0.2) is 22.3 Å². The van der Waals surface area contributed by atoms with Gasteiger partial charge in [-0.3, -0.25) is 9.48 Å². The van der Waals surface area contributed by atoms with Gasteiger partial charge < -0.3 is 10.1 Å². The minimum atomic E-state index is -0.116. The molecule has 144 valence electrons. The number of hydrogen-bond donors (Lipinski definition) is 1. The van der Waals surface area contributed by atoms with Crippen LogP contribution in [0, 0.1) is 0 Å². The van der Waals surface area contributed by atoms with Crippen LogP contribution >= 0.6 is 0 Å². The number of rotatable bonds is 6. The first-order chi connectivity index (χ1) is 13.3. The van der Waals surface area contributed by atoms with Crippen molar-refractivity contribution in [1.29, 1.82) is 0 Å². The molecule has 1 atom stereocenters. The van der Waals surface area contributed by atoms with Gasteiger partial charge in [0.05, 0.1) is 37.4 Å². The number of benzene rings is 1. The van der Waals surface area contributed by atoms with Gasteiger partial charge in [-0.25, -0.2) is 0 Å². The van der Waals surface area contributed by atoms with E-state index in [0.29, 0.717) is 19.2 Å². The van der Waals surface area contributed by atoms with E-state index in [1.807, 2.05) is 30.3 Å². The number of hydrogen-bond acceptors (Lipinski definition) is 3. The highest BCUT2D eigenvalue weighted by Crippen LogP contribution is 2.33. The maximum atomic E-state index is 12.8. The summed E-state index contributed by atoms with van der Waals surface area (Å²) in [6.07, 6.45) is 6.72. The Balaban J connectivity index is 1.50. The molecule has 0 bridgehead atoms. The third-order valence-corrected chi connectivity index (χ3v) is 5.96. The number of fused-ring (bicyclic) bond motifs is 1. The molecule has 5 nitrogen and oxygen atoms in total. The number of carbonyl (C=O) groups excluding carboxylic acids is 1. The summed E-state index contributed by atoms with van der Waals surface area (Å²) in [6.45, 7) is 3.92. The van der Waals surface area contributed by atoms with E-state index in [2.05, 4.69) is 16.9 Å². The lowest BCUT2D eigenvalue weighted by atomic mass is 9.95. The Morgan fingerprint density at radius 2 is 2.07 bits per heavy atom. The topological polar surface area (TPSA) is 56.2 Å². The van der Waals surface area contributed by atoms with Crippen LogP contribution in [0.3, 0.4) is 0 Å². The fourth-order valence-electron chi connectivity index (χ4n) is 4.48. The molecule has 2 aliphatic rings. The van der Waals surface area contributed by atoms with Crippen LogP contribution in [0.15, 0.2) is 30.3 Å². The third-order valence-electron chi connectivity index (χ3n) is 5.96. The van der Waals surface area contributed by atoms with E-state index in [1.165, 1.54) is 36.9 Å². The maximum absolute atomic E-state index is 12.8. The predicted molar refractivity (Wildman–Crippen MR) is 104 cm³/mol. The Hall–Kier alpha value is -2.14. The number of nitrogens with zero attached hydrogens (tertiary/aromatic N) is 2. The van der Waals surface area contributed by atoms with E-state index >= 15 is 0 Å². The van der Waals surface area contributed by atoms with Gasteiger partial charge in [0.15, 0.2) is 0 Å². The lowest BCUT2D eigenvalue weighted by Gasteiger charge is -2.18. The summed E-state index contributed by atoms with van der Waals surface area (Å²) < 4.78 is 7.94. The molecule has 0 unspecified atom stereocenters. The van der Waals surface area contributed by atoms with Crippen molar-refractivity contribution in [1.82, 2.24) is 15.1 Å². The van der Waals surface area contributed by atoms with E-state index in [4.69, 9.17) is 9.84 Å². The summed E-state index contributed by atoms with van der Waals surface area (Å²) in [4.78, 5) is 12.8. The summed E-state index contributed by atoms with van der Waals surface area (Å²) in [5, 5.41) is 8.06. The highest BCUT2D eigenvalue weighted by atomic mass is 16.5. The second-order valence-electron chi connectivity index (χ2n) is 7.65. The number of ether oxygens (including phenoxy) is 1. The molecule has 27 heavy (non-hydrogen) atoms. The van der Waals surface area contributed by atoms with Gasteiger partial charge in [-0.1, -0.05) is 50.1 Å². The molecule has 0 saturated heterocycles. The number of nitrogens with one attached hydrogen (secondary N) is 1. The summed E-state index contributed by atoms with van der Waals surface area (Å²) in [5.41, 5.74) is 4.57. The Bertz CT molecular complexity index is 778. The van der Waals surface area contributed by atoms with Gasteiger partial charge in [0.1, 0.15) is 0 Å². The van der Waals surface area contributed by atoms with Crippen LogP contribution in [0.25, 0.3) is 0 Å². The fraction of sp³-hybridized carbons (Fsp3) is 0.545. The molecule has 1 amide bonds. The van der Waals surface area contributed by atoms with Crippen molar-refractivity contribution in [2.45, 2.75) is 70.6 Å². The number of aromatic nitrogens is 2. The first-order valence-corrected chi connectivity index (χ1v) is 10.3. The van der Waals surface area contributed by atoms with Crippen LogP contribution in [-0.2, 0) is 29.1 Å². The van der Waals surface area contributed by atoms with Crippen molar-refractivity contribution in [3.63, 3.8) is 0 Å². The molecule has 1 aromatic carbocycles. The highest BCUT2D eigenvalue weighted by Gasteiger charge is 2.27. The zero-order chi connectivity index (χ0) is 18.6. The molecule has 1 aliphatic heterocycles. The summed E-state index contributed by atoms with van der Waals surface area (Å²) >= 11 is 0. The molecule has 1 aliphatic carbocycles. The third kappa shape index (κ3) is 3.79. The van der Waals surface area contributed by atoms with Gasteiger partial charge in [0.2, 0.25) is 5.91 Å². The largest absolute Gasteiger partial charge is 0.376 e. The molecule has 1 aromatic heterocycles. The van der Waals surface area contributed by atoms with Gasteiger partial charge >= 0.3 is 0 Å². The molecular formula is C22H29N3O2. The summed E-state index contributed by atoms with van der Waals surface area (Å²) in [6, 6.07) is 10.5. The smallest absolute Gasteiger partial charge is 0.227 e. The molecule has 1 saturated carbocycles. The minimum absolute atomic E-state index is 0.0737. The zero-order valence-electron chi connectivity index (χ0n) is 16.1. The monoisotopic (exact) mass is 367 g/mol.